The molecule has 0 saturated carbocycles. The van der Waals surface area contributed by atoms with Crippen molar-refractivity contribution in [2.45, 2.75) is 37.6 Å². The van der Waals surface area contributed by atoms with Crippen LogP contribution in [0.2, 0.25) is 0 Å². The van der Waals surface area contributed by atoms with Crippen LogP contribution in [0.4, 0.5) is 0 Å². The molecule has 2 aromatic rings. The lowest BCUT2D eigenvalue weighted by Gasteiger charge is -2.48. The molecular formula is C21H24N2O2. The number of fused-ring (bicyclic) bond motifs is 1. The molecule has 2 aromatic carbocycles. The SMILES string of the molecule is O=C(NC1OCC(c2ccccc2)N2CCCCC12)c1ccccc1. The van der Waals surface area contributed by atoms with E-state index >= 15 is 0 Å². The molecule has 2 aliphatic heterocycles. The van der Waals surface area contributed by atoms with E-state index in [0.717, 1.165) is 13.0 Å². The van der Waals surface area contributed by atoms with E-state index in [1.807, 2.05) is 36.4 Å². The van der Waals surface area contributed by atoms with Crippen LogP contribution in [-0.4, -0.2) is 36.2 Å². The Kier molecular flexibility index (Phi) is 4.81. The first-order chi connectivity index (χ1) is 12.3. The molecule has 25 heavy (non-hydrogen) atoms. The highest BCUT2D eigenvalue weighted by Gasteiger charge is 2.40. The van der Waals surface area contributed by atoms with E-state index in [2.05, 4.69) is 34.5 Å². The predicted molar refractivity (Wildman–Crippen MR) is 97.2 cm³/mol. The fraction of sp³-hybridized carbons (Fsp3) is 0.381. The third-order valence-corrected chi connectivity index (χ3v) is 5.27. The molecule has 0 aliphatic carbocycles. The van der Waals surface area contributed by atoms with Gasteiger partial charge < -0.3 is 10.1 Å². The average molecular weight is 336 g/mol. The zero-order chi connectivity index (χ0) is 17.1. The molecule has 0 radical (unpaired) electrons. The second-order valence-corrected chi connectivity index (χ2v) is 6.82. The van der Waals surface area contributed by atoms with Crippen molar-refractivity contribution in [2.24, 2.45) is 0 Å². The van der Waals surface area contributed by atoms with E-state index in [9.17, 15) is 4.79 Å². The van der Waals surface area contributed by atoms with Crippen LogP contribution in [0.25, 0.3) is 0 Å². The molecule has 130 valence electrons. The first-order valence-electron chi connectivity index (χ1n) is 9.11. The number of carbonyl (C=O) groups is 1. The average Bonchev–Trinajstić information content (AvgIpc) is 2.69. The van der Waals surface area contributed by atoms with Gasteiger partial charge in [-0.2, -0.15) is 0 Å². The van der Waals surface area contributed by atoms with E-state index in [1.165, 1.54) is 18.4 Å². The van der Waals surface area contributed by atoms with Crippen LogP contribution in [0.1, 0.15) is 41.2 Å². The first kappa shape index (κ1) is 16.3. The van der Waals surface area contributed by atoms with Crippen molar-refractivity contribution in [1.82, 2.24) is 10.2 Å². The second kappa shape index (κ2) is 7.38. The molecule has 4 rings (SSSR count). The number of rotatable bonds is 3. The van der Waals surface area contributed by atoms with Crippen LogP contribution in [-0.2, 0) is 4.74 Å². The topological polar surface area (TPSA) is 41.6 Å². The quantitative estimate of drug-likeness (QED) is 0.934. The zero-order valence-electron chi connectivity index (χ0n) is 14.3. The fourth-order valence-electron chi connectivity index (χ4n) is 4.00. The Hall–Kier alpha value is -2.17. The van der Waals surface area contributed by atoms with Crippen molar-refractivity contribution in [1.29, 1.82) is 0 Å². The largest absolute Gasteiger partial charge is 0.355 e. The maximum Gasteiger partial charge on any atom is 0.253 e. The monoisotopic (exact) mass is 336 g/mol. The van der Waals surface area contributed by atoms with Crippen LogP contribution in [0.3, 0.4) is 0 Å². The van der Waals surface area contributed by atoms with Gasteiger partial charge in [-0.3, -0.25) is 9.69 Å². The van der Waals surface area contributed by atoms with Gasteiger partial charge in [0.2, 0.25) is 0 Å². The fourth-order valence-corrected chi connectivity index (χ4v) is 4.00. The van der Waals surface area contributed by atoms with E-state index in [0.29, 0.717) is 12.2 Å². The summed E-state index contributed by atoms with van der Waals surface area (Å²) in [5.74, 6) is -0.0608. The number of carbonyl (C=O) groups excluding carboxylic acids is 1. The van der Waals surface area contributed by atoms with Crippen molar-refractivity contribution in [3.63, 3.8) is 0 Å². The van der Waals surface area contributed by atoms with Crippen molar-refractivity contribution >= 4 is 5.91 Å². The molecule has 0 bridgehead atoms. The number of ether oxygens (including phenoxy) is 1. The predicted octanol–water partition coefficient (Wildman–Crippen LogP) is 3.37. The summed E-state index contributed by atoms with van der Waals surface area (Å²) in [6.07, 6.45) is 3.21. The molecule has 2 heterocycles. The van der Waals surface area contributed by atoms with E-state index in [-0.39, 0.29) is 24.2 Å². The van der Waals surface area contributed by atoms with Gasteiger partial charge in [0.1, 0.15) is 6.23 Å². The van der Waals surface area contributed by atoms with Crippen molar-refractivity contribution in [3.8, 4) is 0 Å². The standard InChI is InChI=1S/C21H24N2O2/c24-20(17-11-5-2-6-12-17)22-21-18-13-7-8-14-23(18)19(15-25-21)16-9-3-1-4-10-16/h1-6,9-12,18-19,21H,7-8,13-15H2,(H,22,24). The van der Waals surface area contributed by atoms with Gasteiger partial charge in [-0.25, -0.2) is 0 Å². The molecule has 3 unspecified atom stereocenters. The number of hydrogen-bond donors (Lipinski definition) is 1. The van der Waals surface area contributed by atoms with E-state index in [1.54, 1.807) is 0 Å². The highest BCUT2D eigenvalue weighted by atomic mass is 16.5. The smallest absolute Gasteiger partial charge is 0.253 e. The summed E-state index contributed by atoms with van der Waals surface area (Å²) < 4.78 is 6.13. The van der Waals surface area contributed by atoms with Crippen molar-refractivity contribution in [3.05, 3.63) is 71.8 Å². The summed E-state index contributed by atoms with van der Waals surface area (Å²) in [5, 5.41) is 3.10. The van der Waals surface area contributed by atoms with Gasteiger partial charge in [0.05, 0.1) is 18.7 Å². The van der Waals surface area contributed by atoms with Crippen LogP contribution in [0, 0.1) is 0 Å². The Balaban J connectivity index is 1.51. The summed E-state index contributed by atoms with van der Waals surface area (Å²) in [5.41, 5.74) is 1.97. The van der Waals surface area contributed by atoms with E-state index in [4.69, 9.17) is 4.74 Å². The molecule has 2 saturated heterocycles. The molecule has 2 aliphatic rings. The third kappa shape index (κ3) is 3.46. The lowest BCUT2D eigenvalue weighted by atomic mass is 9.93. The molecule has 4 heteroatoms. The number of hydrogen-bond acceptors (Lipinski definition) is 3. The summed E-state index contributed by atoms with van der Waals surface area (Å²) in [7, 11) is 0. The molecule has 4 nitrogen and oxygen atoms in total. The van der Waals surface area contributed by atoms with Crippen molar-refractivity contribution < 1.29 is 9.53 Å². The Morgan fingerprint density at radius 2 is 1.72 bits per heavy atom. The minimum Gasteiger partial charge on any atom is -0.355 e. The number of nitrogens with zero attached hydrogens (tertiary/aromatic N) is 1. The van der Waals surface area contributed by atoms with Crippen molar-refractivity contribution in [2.75, 3.05) is 13.2 Å². The van der Waals surface area contributed by atoms with Crippen LogP contribution < -0.4 is 5.32 Å². The number of benzene rings is 2. The normalized spacial score (nSPS) is 26.6. The van der Waals surface area contributed by atoms with Gasteiger partial charge in [-0.15, -0.1) is 0 Å². The second-order valence-electron chi connectivity index (χ2n) is 6.82. The Bertz CT molecular complexity index is 704. The maximum absolute atomic E-state index is 12.5. The number of nitrogens with one attached hydrogen (secondary N) is 1. The lowest BCUT2D eigenvalue weighted by Crippen LogP contribution is -2.60. The number of amides is 1. The van der Waals surface area contributed by atoms with Crippen LogP contribution in [0.15, 0.2) is 60.7 Å². The molecule has 2 fully saturated rings. The summed E-state index contributed by atoms with van der Waals surface area (Å²) >= 11 is 0. The number of piperidine rings is 1. The van der Waals surface area contributed by atoms with Crippen LogP contribution in [0.5, 0.6) is 0 Å². The minimum atomic E-state index is -0.243. The van der Waals surface area contributed by atoms with Gasteiger partial charge in [0, 0.05) is 5.56 Å². The Morgan fingerprint density at radius 1 is 1.00 bits per heavy atom. The molecular weight excluding hydrogens is 312 g/mol. The van der Waals surface area contributed by atoms with E-state index < -0.39 is 0 Å². The summed E-state index contributed by atoms with van der Waals surface area (Å²) in [6, 6.07) is 20.4. The molecule has 0 aromatic heterocycles. The van der Waals surface area contributed by atoms with Gasteiger partial charge in [0.15, 0.2) is 0 Å². The Morgan fingerprint density at radius 3 is 2.48 bits per heavy atom. The van der Waals surface area contributed by atoms with Gasteiger partial charge in [-0.05, 0) is 37.1 Å². The molecule has 1 amide bonds. The summed E-state index contributed by atoms with van der Waals surface area (Å²) in [6.45, 7) is 1.67. The molecule has 1 N–H and O–H groups in total. The number of morpholine rings is 1. The first-order valence-corrected chi connectivity index (χ1v) is 9.11. The Labute approximate surface area is 148 Å². The van der Waals surface area contributed by atoms with Gasteiger partial charge in [-0.1, -0.05) is 55.0 Å². The lowest BCUT2D eigenvalue weighted by molar-refractivity contribution is -0.125. The maximum atomic E-state index is 12.5. The highest BCUT2D eigenvalue weighted by Crippen LogP contribution is 2.34. The van der Waals surface area contributed by atoms with Gasteiger partial charge in [0.25, 0.3) is 5.91 Å². The highest BCUT2D eigenvalue weighted by molar-refractivity contribution is 5.94. The van der Waals surface area contributed by atoms with Crippen LogP contribution >= 0.6 is 0 Å². The third-order valence-electron chi connectivity index (χ3n) is 5.27. The van der Waals surface area contributed by atoms with Gasteiger partial charge >= 0.3 is 0 Å². The zero-order valence-corrected chi connectivity index (χ0v) is 14.3. The molecule has 3 atom stereocenters. The molecule has 0 spiro atoms. The minimum absolute atomic E-state index is 0.0608. The summed E-state index contributed by atoms with van der Waals surface area (Å²) in [4.78, 5) is 15.1.